The Labute approximate surface area is 98.7 Å². The van der Waals surface area contributed by atoms with E-state index >= 15 is 0 Å². The van der Waals surface area contributed by atoms with E-state index in [9.17, 15) is 8.42 Å². The summed E-state index contributed by atoms with van der Waals surface area (Å²) >= 11 is 0. The van der Waals surface area contributed by atoms with E-state index in [0.717, 1.165) is 19.5 Å². The largest absolute Gasteiger partial charge is 0.297 e. The van der Waals surface area contributed by atoms with E-state index in [2.05, 4.69) is 4.90 Å². The van der Waals surface area contributed by atoms with Crippen molar-refractivity contribution in [2.45, 2.75) is 45.2 Å². The van der Waals surface area contributed by atoms with Gasteiger partial charge in [-0.3, -0.25) is 4.90 Å². The van der Waals surface area contributed by atoms with Crippen molar-refractivity contribution in [2.24, 2.45) is 0 Å². The molecule has 0 aliphatic carbocycles. The van der Waals surface area contributed by atoms with E-state index in [1.165, 1.54) is 6.42 Å². The van der Waals surface area contributed by atoms with Gasteiger partial charge in [0.2, 0.25) is 10.0 Å². The molecule has 2 fully saturated rings. The fourth-order valence-corrected chi connectivity index (χ4v) is 4.69. The third kappa shape index (κ3) is 2.26. The van der Waals surface area contributed by atoms with Gasteiger partial charge >= 0.3 is 0 Å². The minimum Gasteiger partial charge on any atom is -0.297 e. The lowest BCUT2D eigenvalue weighted by molar-refractivity contribution is 0.117. The summed E-state index contributed by atoms with van der Waals surface area (Å²) in [6.45, 7) is 6.73. The highest BCUT2D eigenvalue weighted by Crippen LogP contribution is 2.26. The molecule has 0 N–H and O–H groups in total. The Morgan fingerprint density at radius 2 is 2.06 bits per heavy atom. The molecular formula is C11H22N2O2S. The van der Waals surface area contributed by atoms with Crippen molar-refractivity contribution in [3.05, 3.63) is 0 Å². The molecule has 0 aromatic rings. The molecule has 0 aromatic carbocycles. The van der Waals surface area contributed by atoms with Crippen LogP contribution in [-0.2, 0) is 10.0 Å². The number of fused-ring (bicyclic) bond motifs is 1. The second-order valence-electron chi connectivity index (χ2n) is 5.03. The summed E-state index contributed by atoms with van der Waals surface area (Å²) in [5, 5.41) is 0. The van der Waals surface area contributed by atoms with Crippen molar-refractivity contribution in [1.29, 1.82) is 0 Å². The number of piperazine rings is 1. The third-order valence-corrected chi connectivity index (χ3v) is 5.85. The molecule has 2 heterocycles. The van der Waals surface area contributed by atoms with Crippen LogP contribution in [0.15, 0.2) is 0 Å². The van der Waals surface area contributed by atoms with Gasteiger partial charge in [0.25, 0.3) is 0 Å². The normalized spacial score (nSPS) is 32.9. The predicted octanol–water partition coefficient (Wildman–Crippen LogP) is 0.895. The van der Waals surface area contributed by atoms with Crippen LogP contribution in [-0.4, -0.2) is 55.1 Å². The Hall–Kier alpha value is -0.130. The van der Waals surface area contributed by atoms with Crippen molar-refractivity contribution in [3.63, 3.8) is 0 Å². The molecule has 0 bridgehead atoms. The van der Waals surface area contributed by atoms with E-state index < -0.39 is 10.0 Å². The molecule has 2 aliphatic rings. The van der Waals surface area contributed by atoms with Gasteiger partial charge in [-0.1, -0.05) is 6.92 Å². The van der Waals surface area contributed by atoms with Crippen LogP contribution in [0.5, 0.6) is 0 Å². The summed E-state index contributed by atoms with van der Waals surface area (Å²) < 4.78 is 25.9. The van der Waals surface area contributed by atoms with Crippen LogP contribution in [0.25, 0.3) is 0 Å². The zero-order valence-electron chi connectivity index (χ0n) is 10.2. The van der Waals surface area contributed by atoms with E-state index in [4.69, 9.17) is 0 Å². The minimum absolute atomic E-state index is 0.144. The lowest BCUT2D eigenvalue weighted by Gasteiger charge is -2.41. The lowest BCUT2D eigenvalue weighted by atomic mass is 10.1. The maximum atomic E-state index is 12.1. The van der Waals surface area contributed by atoms with E-state index in [-0.39, 0.29) is 6.04 Å². The van der Waals surface area contributed by atoms with Gasteiger partial charge in [0.1, 0.15) is 0 Å². The van der Waals surface area contributed by atoms with Crippen LogP contribution < -0.4 is 0 Å². The first-order valence-electron chi connectivity index (χ1n) is 6.28. The highest BCUT2D eigenvalue weighted by atomic mass is 32.2. The van der Waals surface area contributed by atoms with Crippen LogP contribution >= 0.6 is 0 Å². The van der Waals surface area contributed by atoms with Crippen molar-refractivity contribution >= 4 is 10.0 Å². The van der Waals surface area contributed by atoms with E-state index in [1.807, 2.05) is 13.8 Å². The summed E-state index contributed by atoms with van der Waals surface area (Å²) in [4.78, 5) is 2.45. The van der Waals surface area contributed by atoms with Crippen LogP contribution in [0.2, 0.25) is 0 Å². The molecule has 0 saturated carbocycles. The molecule has 0 amide bonds. The first-order chi connectivity index (χ1) is 7.54. The Morgan fingerprint density at radius 3 is 2.75 bits per heavy atom. The topological polar surface area (TPSA) is 40.6 Å². The van der Waals surface area contributed by atoms with Crippen molar-refractivity contribution in [2.75, 3.05) is 25.4 Å². The standard InChI is InChI=1S/C11H22N2O2S/c1-3-7-16(14,15)13-9-11-5-4-6-12(11)8-10(13)2/h10-11H,3-9H2,1-2H3. The van der Waals surface area contributed by atoms with Gasteiger partial charge in [-0.2, -0.15) is 4.31 Å². The van der Waals surface area contributed by atoms with Gasteiger partial charge in [-0.05, 0) is 32.7 Å². The Kier molecular flexibility index (Phi) is 3.56. The molecule has 0 spiro atoms. The highest BCUT2D eigenvalue weighted by molar-refractivity contribution is 7.89. The maximum absolute atomic E-state index is 12.1. The van der Waals surface area contributed by atoms with Crippen LogP contribution in [0.1, 0.15) is 33.1 Å². The predicted molar refractivity (Wildman–Crippen MR) is 64.8 cm³/mol. The monoisotopic (exact) mass is 246 g/mol. The quantitative estimate of drug-likeness (QED) is 0.743. The summed E-state index contributed by atoms with van der Waals surface area (Å²) in [5.41, 5.74) is 0. The van der Waals surface area contributed by atoms with Crippen LogP contribution in [0, 0.1) is 0 Å². The lowest BCUT2D eigenvalue weighted by Crippen LogP contribution is -2.57. The molecule has 2 unspecified atom stereocenters. The van der Waals surface area contributed by atoms with Gasteiger partial charge in [-0.15, -0.1) is 0 Å². The molecule has 16 heavy (non-hydrogen) atoms. The SMILES string of the molecule is CCCS(=O)(=O)N1CC2CCCN2CC1C. The smallest absolute Gasteiger partial charge is 0.214 e. The molecule has 5 heteroatoms. The Balaban J connectivity index is 2.10. The van der Waals surface area contributed by atoms with E-state index in [0.29, 0.717) is 24.8 Å². The molecule has 94 valence electrons. The summed E-state index contributed by atoms with van der Waals surface area (Å²) in [6, 6.07) is 0.619. The maximum Gasteiger partial charge on any atom is 0.214 e. The molecule has 0 aromatic heterocycles. The molecule has 0 radical (unpaired) electrons. The number of sulfonamides is 1. The Bertz CT molecular complexity index is 342. The minimum atomic E-state index is -3.01. The van der Waals surface area contributed by atoms with Crippen molar-refractivity contribution in [3.8, 4) is 0 Å². The zero-order valence-corrected chi connectivity index (χ0v) is 11.0. The summed E-state index contributed by atoms with van der Waals surface area (Å²) in [6.07, 6.45) is 3.09. The number of nitrogens with zero attached hydrogens (tertiary/aromatic N) is 2. The average molecular weight is 246 g/mol. The number of hydrogen-bond donors (Lipinski definition) is 0. The van der Waals surface area contributed by atoms with Gasteiger partial charge < -0.3 is 0 Å². The number of hydrogen-bond acceptors (Lipinski definition) is 3. The molecule has 2 atom stereocenters. The molecule has 2 saturated heterocycles. The van der Waals surface area contributed by atoms with Gasteiger partial charge in [-0.25, -0.2) is 8.42 Å². The van der Waals surface area contributed by atoms with Crippen molar-refractivity contribution in [1.82, 2.24) is 9.21 Å². The van der Waals surface area contributed by atoms with Crippen LogP contribution in [0.4, 0.5) is 0 Å². The Morgan fingerprint density at radius 1 is 1.31 bits per heavy atom. The number of rotatable bonds is 3. The molecule has 2 aliphatic heterocycles. The van der Waals surface area contributed by atoms with E-state index in [1.54, 1.807) is 4.31 Å². The first-order valence-corrected chi connectivity index (χ1v) is 7.89. The molecule has 4 nitrogen and oxygen atoms in total. The summed E-state index contributed by atoms with van der Waals surface area (Å²) in [7, 11) is -3.01. The summed E-state index contributed by atoms with van der Waals surface area (Å²) in [5.74, 6) is 0.296. The zero-order chi connectivity index (χ0) is 11.8. The molecule has 2 rings (SSSR count). The molecular weight excluding hydrogens is 224 g/mol. The highest BCUT2D eigenvalue weighted by Gasteiger charge is 2.39. The average Bonchev–Trinajstić information content (AvgIpc) is 2.63. The fraction of sp³-hybridized carbons (Fsp3) is 1.00. The second-order valence-corrected chi connectivity index (χ2v) is 7.07. The fourth-order valence-electron chi connectivity index (χ4n) is 2.92. The van der Waals surface area contributed by atoms with Gasteiger partial charge in [0.05, 0.1) is 5.75 Å². The first kappa shape index (κ1) is 12.3. The van der Waals surface area contributed by atoms with Crippen LogP contribution in [0.3, 0.4) is 0 Å². The third-order valence-electron chi connectivity index (χ3n) is 3.70. The van der Waals surface area contributed by atoms with Gasteiger partial charge in [0.15, 0.2) is 0 Å². The second kappa shape index (κ2) is 4.63. The van der Waals surface area contributed by atoms with Crippen molar-refractivity contribution < 1.29 is 8.42 Å². The van der Waals surface area contributed by atoms with Gasteiger partial charge in [0, 0.05) is 25.2 Å².